The van der Waals surface area contributed by atoms with Crippen molar-refractivity contribution >= 4 is 27.1 Å². The molecule has 10 heteroatoms. The van der Waals surface area contributed by atoms with Crippen molar-refractivity contribution in [3.63, 3.8) is 0 Å². The summed E-state index contributed by atoms with van der Waals surface area (Å²) in [6.07, 6.45) is 4.77. The summed E-state index contributed by atoms with van der Waals surface area (Å²) < 4.78 is 29.0. The number of pyridine rings is 1. The van der Waals surface area contributed by atoms with Crippen LogP contribution >= 0.6 is 0 Å². The molecule has 1 fully saturated rings. The normalized spacial score (nSPS) is 14.5. The van der Waals surface area contributed by atoms with Crippen LogP contribution < -0.4 is 4.72 Å². The summed E-state index contributed by atoms with van der Waals surface area (Å²) in [6, 6.07) is 4.14. The second-order valence-corrected chi connectivity index (χ2v) is 8.97. The molecule has 3 heterocycles. The Balaban J connectivity index is 1.70. The zero-order valence-corrected chi connectivity index (χ0v) is 16.4. The summed E-state index contributed by atoms with van der Waals surface area (Å²) in [5.41, 5.74) is 3.46. The van der Waals surface area contributed by atoms with E-state index in [1.54, 1.807) is 23.4 Å². The van der Waals surface area contributed by atoms with Gasteiger partial charge in [-0.15, -0.1) is 0 Å². The van der Waals surface area contributed by atoms with Gasteiger partial charge in [-0.3, -0.25) is 9.25 Å². The average molecular weight is 403 g/mol. The monoisotopic (exact) mass is 403 g/mol. The number of hydrogen-bond acceptors (Lipinski definition) is 5. The number of nitrogens with one attached hydrogen (secondary N) is 1. The fourth-order valence-electron chi connectivity index (χ4n) is 3.56. The van der Waals surface area contributed by atoms with E-state index in [0.29, 0.717) is 11.6 Å². The second kappa shape index (κ2) is 6.62. The van der Waals surface area contributed by atoms with Gasteiger partial charge in [-0.1, -0.05) is 0 Å². The first-order valence-electron chi connectivity index (χ1n) is 8.98. The lowest BCUT2D eigenvalue weighted by molar-refractivity contribution is 0.201. The van der Waals surface area contributed by atoms with Crippen LogP contribution in [0.3, 0.4) is 0 Å². The van der Waals surface area contributed by atoms with Crippen LogP contribution in [0, 0.1) is 6.92 Å². The molecule has 28 heavy (non-hydrogen) atoms. The number of amides is 1. The first-order valence-corrected chi connectivity index (χ1v) is 10.6. The molecule has 1 amide bonds. The lowest BCUT2D eigenvalue weighted by Crippen LogP contribution is -2.31. The minimum Gasteiger partial charge on any atom is -0.464 e. The van der Waals surface area contributed by atoms with Gasteiger partial charge >= 0.3 is 6.09 Å². The topological polar surface area (TPSA) is 119 Å². The van der Waals surface area contributed by atoms with Gasteiger partial charge in [0.1, 0.15) is 11.5 Å². The number of carboxylic acid groups (broad SMARTS) is 1. The van der Waals surface area contributed by atoms with Crippen LogP contribution in [0.1, 0.15) is 35.6 Å². The third-order valence-corrected chi connectivity index (χ3v) is 6.23. The molecule has 9 nitrogen and oxygen atoms in total. The van der Waals surface area contributed by atoms with Gasteiger partial charge in [0.25, 0.3) is 0 Å². The molecule has 3 aromatic rings. The van der Waals surface area contributed by atoms with Crippen molar-refractivity contribution in [2.75, 3.05) is 5.75 Å². The van der Waals surface area contributed by atoms with E-state index in [2.05, 4.69) is 16.1 Å². The lowest BCUT2D eigenvalue weighted by atomic mass is 10.1. The number of sulfonamides is 1. The van der Waals surface area contributed by atoms with Crippen molar-refractivity contribution in [1.82, 2.24) is 24.1 Å². The van der Waals surface area contributed by atoms with Gasteiger partial charge < -0.3 is 5.11 Å². The maximum absolute atomic E-state index is 11.9. The third kappa shape index (κ3) is 3.47. The molecule has 3 aromatic heterocycles. The summed E-state index contributed by atoms with van der Waals surface area (Å²) in [5, 5.41) is 14.1. The van der Waals surface area contributed by atoms with Crippen LogP contribution in [0.4, 0.5) is 4.79 Å². The fourth-order valence-corrected chi connectivity index (χ4v) is 4.40. The predicted molar refractivity (Wildman–Crippen MR) is 103 cm³/mol. The highest BCUT2D eigenvalue weighted by molar-refractivity contribution is 7.90. The van der Waals surface area contributed by atoms with Crippen molar-refractivity contribution < 1.29 is 18.3 Å². The minimum absolute atomic E-state index is 0.136. The SMILES string of the molecule is Cc1nn(C)c(-n2ccc3cc(C4CC4)cnc32)c1CCS(=O)(=O)NC(=O)O. The zero-order chi connectivity index (χ0) is 20.1. The molecular formula is C18H21N5O4S. The molecule has 1 aliphatic carbocycles. The summed E-state index contributed by atoms with van der Waals surface area (Å²) in [7, 11) is -2.14. The van der Waals surface area contributed by atoms with E-state index in [-0.39, 0.29) is 12.2 Å². The van der Waals surface area contributed by atoms with Gasteiger partial charge in [0.05, 0.1) is 11.4 Å². The quantitative estimate of drug-likeness (QED) is 0.650. The summed E-state index contributed by atoms with van der Waals surface area (Å²) in [4.78, 5) is 15.3. The zero-order valence-electron chi connectivity index (χ0n) is 15.6. The average Bonchev–Trinajstić information content (AvgIpc) is 3.31. The Bertz CT molecular complexity index is 1170. The van der Waals surface area contributed by atoms with E-state index in [1.807, 2.05) is 23.0 Å². The lowest BCUT2D eigenvalue weighted by Gasteiger charge is -2.10. The van der Waals surface area contributed by atoms with Crippen LogP contribution in [0.2, 0.25) is 0 Å². The number of fused-ring (bicyclic) bond motifs is 1. The molecular weight excluding hydrogens is 382 g/mol. The first kappa shape index (κ1) is 18.5. The number of hydrogen-bond donors (Lipinski definition) is 2. The number of nitrogens with zero attached hydrogens (tertiary/aromatic N) is 4. The van der Waals surface area contributed by atoms with Gasteiger partial charge in [0.15, 0.2) is 0 Å². The van der Waals surface area contributed by atoms with Crippen LogP contribution in [0.5, 0.6) is 0 Å². The highest BCUT2D eigenvalue weighted by Crippen LogP contribution is 2.40. The van der Waals surface area contributed by atoms with Crippen LogP contribution in [0.15, 0.2) is 24.5 Å². The molecule has 0 radical (unpaired) electrons. The van der Waals surface area contributed by atoms with E-state index >= 15 is 0 Å². The van der Waals surface area contributed by atoms with Gasteiger partial charge in [-0.2, -0.15) is 5.10 Å². The molecule has 148 valence electrons. The summed E-state index contributed by atoms with van der Waals surface area (Å²) >= 11 is 0. The van der Waals surface area contributed by atoms with E-state index in [4.69, 9.17) is 5.11 Å². The Labute approximate surface area is 162 Å². The van der Waals surface area contributed by atoms with Gasteiger partial charge in [-0.25, -0.2) is 22.9 Å². The Morgan fingerprint density at radius 2 is 2.14 bits per heavy atom. The van der Waals surface area contributed by atoms with Gasteiger partial charge in [0.2, 0.25) is 10.0 Å². The second-order valence-electron chi connectivity index (χ2n) is 7.13. The third-order valence-electron chi connectivity index (χ3n) is 5.00. The molecule has 0 unspecified atom stereocenters. The van der Waals surface area contributed by atoms with Crippen LogP contribution in [-0.4, -0.2) is 44.7 Å². The number of aryl methyl sites for hydroxylation is 2. The fraction of sp³-hybridized carbons (Fsp3) is 0.389. The molecule has 0 atom stereocenters. The highest BCUT2D eigenvalue weighted by atomic mass is 32.2. The number of carbonyl (C=O) groups is 1. The summed E-state index contributed by atoms with van der Waals surface area (Å²) in [6.45, 7) is 1.81. The Morgan fingerprint density at radius 1 is 1.39 bits per heavy atom. The van der Waals surface area contributed by atoms with Gasteiger partial charge in [-0.05, 0) is 49.8 Å². The molecule has 0 bridgehead atoms. The smallest absolute Gasteiger partial charge is 0.418 e. The van der Waals surface area contributed by atoms with E-state index in [1.165, 1.54) is 18.4 Å². The van der Waals surface area contributed by atoms with Crippen LogP contribution in [0.25, 0.3) is 16.9 Å². The van der Waals surface area contributed by atoms with Crippen molar-refractivity contribution in [1.29, 1.82) is 0 Å². The molecule has 0 spiro atoms. The molecule has 0 aromatic carbocycles. The van der Waals surface area contributed by atoms with Crippen molar-refractivity contribution in [3.05, 3.63) is 41.3 Å². The molecule has 1 saturated carbocycles. The standard InChI is InChI=1S/C18H21N5O4S/c1-11-15(6-8-28(26,27)21-18(24)25)17(22(2)20-11)23-7-5-13-9-14(12-3-4-12)10-19-16(13)23/h5,7,9-10,12,21H,3-4,6,8H2,1-2H3,(H,24,25). The Morgan fingerprint density at radius 3 is 2.82 bits per heavy atom. The highest BCUT2D eigenvalue weighted by Gasteiger charge is 2.25. The maximum Gasteiger partial charge on any atom is 0.418 e. The number of aromatic nitrogens is 4. The Hall–Kier alpha value is -2.88. The summed E-state index contributed by atoms with van der Waals surface area (Å²) in [5.74, 6) is 0.989. The minimum atomic E-state index is -3.93. The number of rotatable bonds is 6. The predicted octanol–water partition coefficient (Wildman–Crippen LogP) is 2.08. The van der Waals surface area contributed by atoms with E-state index < -0.39 is 16.1 Å². The maximum atomic E-state index is 11.9. The largest absolute Gasteiger partial charge is 0.464 e. The molecule has 2 N–H and O–H groups in total. The van der Waals surface area contributed by atoms with Crippen molar-refractivity contribution in [2.24, 2.45) is 7.05 Å². The Kier molecular flexibility index (Phi) is 4.37. The van der Waals surface area contributed by atoms with Gasteiger partial charge in [0, 0.05) is 30.4 Å². The van der Waals surface area contributed by atoms with Crippen molar-refractivity contribution in [3.8, 4) is 5.82 Å². The van der Waals surface area contributed by atoms with E-state index in [9.17, 15) is 13.2 Å². The molecule has 0 aliphatic heterocycles. The van der Waals surface area contributed by atoms with Crippen molar-refractivity contribution in [2.45, 2.75) is 32.1 Å². The molecule has 0 saturated heterocycles. The molecule has 1 aliphatic rings. The first-order chi connectivity index (χ1) is 13.2. The molecule has 4 rings (SSSR count). The van der Waals surface area contributed by atoms with Crippen LogP contribution in [-0.2, 0) is 23.5 Å². The van der Waals surface area contributed by atoms with E-state index in [0.717, 1.165) is 22.4 Å².